The van der Waals surface area contributed by atoms with Crippen molar-refractivity contribution in [2.75, 3.05) is 4.90 Å². The van der Waals surface area contributed by atoms with Crippen LogP contribution in [0, 0.1) is 0 Å². The summed E-state index contributed by atoms with van der Waals surface area (Å²) in [5.41, 5.74) is 9.75. The minimum atomic E-state index is 0.860. The summed E-state index contributed by atoms with van der Waals surface area (Å²) in [5, 5.41) is 12.1. The van der Waals surface area contributed by atoms with Crippen LogP contribution in [0.15, 0.2) is 205 Å². The number of rotatable bonds is 5. The van der Waals surface area contributed by atoms with Crippen molar-refractivity contribution in [1.29, 1.82) is 0 Å². The van der Waals surface area contributed by atoms with Gasteiger partial charge < -0.3 is 9.32 Å². The first-order valence-corrected chi connectivity index (χ1v) is 20.2. The van der Waals surface area contributed by atoms with Crippen molar-refractivity contribution in [3.05, 3.63) is 200 Å². The van der Waals surface area contributed by atoms with Gasteiger partial charge in [0.1, 0.15) is 11.2 Å². The van der Waals surface area contributed by atoms with E-state index in [0.717, 1.165) is 44.6 Å². The molecule has 2 nitrogen and oxygen atoms in total. The van der Waals surface area contributed by atoms with Crippen molar-refractivity contribution in [3.63, 3.8) is 0 Å². The average molecular weight is 744 g/mol. The molecule has 0 saturated carbocycles. The molecule has 0 spiro atoms. The first kappa shape index (κ1) is 32.1. The Morgan fingerprint density at radius 1 is 0.386 bits per heavy atom. The van der Waals surface area contributed by atoms with Crippen molar-refractivity contribution < 1.29 is 4.42 Å². The van der Waals surface area contributed by atoms with Gasteiger partial charge in [0.15, 0.2) is 0 Å². The van der Waals surface area contributed by atoms with Gasteiger partial charge in [-0.05, 0) is 97.5 Å². The molecule has 0 fully saturated rings. The van der Waals surface area contributed by atoms with Gasteiger partial charge in [0.05, 0.1) is 10.4 Å². The lowest BCUT2D eigenvalue weighted by Crippen LogP contribution is -2.10. The van der Waals surface area contributed by atoms with Gasteiger partial charge >= 0.3 is 0 Å². The summed E-state index contributed by atoms with van der Waals surface area (Å²) in [5.74, 6) is 0. The smallest absolute Gasteiger partial charge is 0.143 e. The number of hydrogen-bond acceptors (Lipinski definition) is 3. The lowest BCUT2D eigenvalue weighted by Gasteiger charge is -2.26. The van der Waals surface area contributed by atoms with Crippen LogP contribution in [0.3, 0.4) is 0 Å². The van der Waals surface area contributed by atoms with E-state index >= 15 is 0 Å². The molecular weight excluding hydrogens is 711 g/mol. The Balaban J connectivity index is 1.11. The quantitative estimate of drug-likeness (QED) is 0.163. The largest absolute Gasteiger partial charge is 0.455 e. The fourth-order valence-corrected chi connectivity index (χ4v) is 10.2. The van der Waals surface area contributed by atoms with Gasteiger partial charge in [-0.1, -0.05) is 146 Å². The molecule has 2 aromatic heterocycles. The molecule has 0 aliphatic carbocycles. The highest BCUT2D eigenvalue weighted by atomic mass is 32.1. The third kappa shape index (κ3) is 5.03. The average Bonchev–Trinajstić information content (AvgIpc) is 3.84. The van der Waals surface area contributed by atoms with Crippen LogP contribution >= 0.6 is 11.3 Å². The van der Waals surface area contributed by atoms with Crippen molar-refractivity contribution >= 4 is 103 Å². The van der Waals surface area contributed by atoms with Crippen molar-refractivity contribution in [3.8, 4) is 22.3 Å². The van der Waals surface area contributed by atoms with Crippen LogP contribution in [-0.2, 0) is 0 Å². The van der Waals surface area contributed by atoms with Crippen molar-refractivity contribution in [1.82, 2.24) is 0 Å². The number of nitrogens with zero attached hydrogens (tertiary/aromatic N) is 1. The third-order valence-corrected chi connectivity index (χ3v) is 12.8. The van der Waals surface area contributed by atoms with Gasteiger partial charge in [0.2, 0.25) is 0 Å². The number of anilines is 3. The number of fused-ring (bicyclic) bond motifs is 10. The van der Waals surface area contributed by atoms with E-state index in [1.54, 1.807) is 0 Å². The van der Waals surface area contributed by atoms with Crippen LogP contribution < -0.4 is 4.90 Å². The van der Waals surface area contributed by atoms with Gasteiger partial charge in [0.25, 0.3) is 0 Å². The highest BCUT2D eigenvalue weighted by Gasteiger charge is 2.22. The highest BCUT2D eigenvalue weighted by Crippen LogP contribution is 2.48. The summed E-state index contributed by atoms with van der Waals surface area (Å²) in [6.07, 6.45) is 0. The van der Waals surface area contributed by atoms with Crippen molar-refractivity contribution in [2.45, 2.75) is 0 Å². The maximum Gasteiger partial charge on any atom is 0.143 e. The second kappa shape index (κ2) is 12.7. The molecule has 0 radical (unpaired) electrons. The molecule has 0 N–H and O–H groups in total. The molecule has 0 unspecified atom stereocenters. The standard InChI is InChI=1S/C54H33NOS/c1-2-13-34(14-3-1)35-25-27-38(28-26-35)55(49-23-12-22-46-45-21-10-11-24-51(45)57-54(46)49)39-29-30-44-48-32-37-16-5-7-18-41(37)52(53(48)56-50(44)33-39)47-31-36-15-4-6-17-40(36)42-19-8-9-20-43(42)47/h1-33H. The lowest BCUT2D eigenvalue weighted by atomic mass is 9.89. The van der Waals surface area contributed by atoms with Crippen LogP contribution in [-0.4, -0.2) is 0 Å². The van der Waals surface area contributed by atoms with E-state index in [0.29, 0.717) is 0 Å². The Kier molecular flexibility index (Phi) is 7.13. The van der Waals surface area contributed by atoms with E-state index in [2.05, 4.69) is 205 Å². The molecule has 0 atom stereocenters. The third-order valence-electron chi connectivity index (χ3n) is 11.6. The molecule has 12 aromatic rings. The fourth-order valence-electron chi connectivity index (χ4n) is 9.00. The summed E-state index contributed by atoms with van der Waals surface area (Å²) in [6, 6.07) is 72.6. The topological polar surface area (TPSA) is 16.4 Å². The summed E-state index contributed by atoms with van der Waals surface area (Å²) in [4.78, 5) is 2.40. The van der Waals surface area contributed by atoms with Gasteiger partial charge in [-0.25, -0.2) is 0 Å². The Hall–Kier alpha value is -7.20. The second-order valence-corrected chi connectivity index (χ2v) is 15.9. The summed E-state index contributed by atoms with van der Waals surface area (Å²) in [7, 11) is 0. The van der Waals surface area contributed by atoms with E-state index in [9.17, 15) is 0 Å². The van der Waals surface area contributed by atoms with E-state index in [1.807, 2.05) is 11.3 Å². The molecule has 57 heavy (non-hydrogen) atoms. The maximum atomic E-state index is 7.16. The molecule has 0 saturated heterocycles. The summed E-state index contributed by atoms with van der Waals surface area (Å²) < 4.78 is 9.70. The molecule has 3 heteroatoms. The molecule has 10 aromatic carbocycles. The zero-order chi connectivity index (χ0) is 37.5. The van der Waals surface area contributed by atoms with Gasteiger partial charge in [-0.3, -0.25) is 0 Å². The zero-order valence-electron chi connectivity index (χ0n) is 30.8. The Bertz CT molecular complexity index is 3520. The molecule has 0 amide bonds. The predicted octanol–water partition coefficient (Wildman–Crippen LogP) is 16.2. The molecule has 0 aliphatic heterocycles. The zero-order valence-corrected chi connectivity index (χ0v) is 31.6. The summed E-state index contributed by atoms with van der Waals surface area (Å²) >= 11 is 1.85. The monoisotopic (exact) mass is 743 g/mol. The molecule has 0 bridgehead atoms. The van der Waals surface area contributed by atoms with Gasteiger partial charge in [-0.2, -0.15) is 0 Å². The van der Waals surface area contributed by atoms with Crippen LogP contribution in [0.25, 0.3) is 96.7 Å². The van der Waals surface area contributed by atoms with E-state index in [-0.39, 0.29) is 0 Å². The number of furan rings is 1. The van der Waals surface area contributed by atoms with Crippen LogP contribution in [0.5, 0.6) is 0 Å². The first-order valence-electron chi connectivity index (χ1n) is 19.4. The van der Waals surface area contributed by atoms with Gasteiger partial charge in [-0.15, -0.1) is 11.3 Å². The molecule has 266 valence electrons. The normalized spacial score (nSPS) is 11.9. The fraction of sp³-hybridized carbons (Fsp3) is 0. The Labute approximate surface area is 333 Å². The van der Waals surface area contributed by atoms with E-state index in [1.165, 1.54) is 69.2 Å². The summed E-state index contributed by atoms with van der Waals surface area (Å²) in [6.45, 7) is 0. The number of hydrogen-bond donors (Lipinski definition) is 0. The second-order valence-electron chi connectivity index (χ2n) is 14.8. The Morgan fingerprint density at radius 2 is 1.02 bits per heavy atom. The van der Waals surface area contributed by atoms with Crippen molar-refractivity contribution in [2.24, 2.45) is 0 Å². The molecule has 2 heterocycles. The highest BCUT2D eigenvalue weighted by molar-refractivity contribution is 7.26. The molecular formula is C54H33NOS. The van der Waals surface area contributed by atoms with Gasteiger partial charge in [0, 0.05) is 49.2 Å². The van der Waals surface area contributed by atoms with Crippen LogP contribution in [0.4, 0.5) is 17.1 Å². The van der Waals surface area contributed by atoms with E-state index in [4.69, 9.17) is 4.42 Å². The van der Waals surface area contributed by atoms with Crippen LogP contribution in [0.2, 0.25) is 0 Å². The van der Waals surface area contributed by atoms with E-state index < -0.39 is 0 Å². The predicted molar refractivity (Wildman–Crippen MR) is 245 cm³/mol. The maximum absolute atomic E-state index is 7.16. The Morgan fingerprint density at radius 3 is 1.84 bits per heavy atom. The molecule has 12 rings (SSSR count). The minimum Gasteiger partial charge on any atom is -0.455 e. The first-order chi connectivity index (χ1) is 28.3. The number of benzene rings is 10. The lowest BCUT2D eigenvalue weighted by molar-refractivity contribution is 0.670. The SMILES string of the molecule is c1ccc(-c2ccc(N(c3ccc4c(c3)oc3c(-c5cc6ccccc6c6ccccc56)c5ccccc5cc34)c3cccc4c3sc3ccccc34)cc2)cc1. The van der Waals surface area contributed by atoms with Crippen LogP contribution in [0.1, 0.15) is 0 Å². The molecule has 0 aliphatic rings. The number of thiophene rings is 1. The minimum absolute atomic E-state index is 0.860.